The number of hydrogen-bond donors (Lipinski definition) is 2. The maximum Gasteiger partial charge on any atom is 0.307 e. The van der Waals surface area contributed by atoms with Crippen molar-refractivity contribution < 1.29 is 93.1 Å². The van der Waals surface area contributed by atoms with E-state index in [9.17, 15) is 55.2 Å². The molecule has 2 saturated heterocycles. The lowest BCUT2D eigenvalue weighted by atomic mass is 9.82. The predicted octanol–water partition coefficient (Wildman–Crippen LogP) is 11.4. The van der Waals surface area contributed by atoms with Crippen LogP contribution in [-0.2, 0) is 67.9 Å². The molecule has 28 heteroatoms. The van der Waals surface area contributed by atoms with Gasteiger partial charge in [-0.2, -0.15) is 0 Å². The second-order valence-corrected chi connectivity index (χ2v) is 40.4. The largest absolute Gasteiger partial charge is 0.486 e. The van der Waals surface area contributed by atoms with Gasteiger partial charge in [-0.25, -0.2) is 26.8 Å². The standard InChI is InChI=1S/2C42H55N3O10S/c2*1-25-9-7-8-10-27-22-42(27,39(49)44-56(50,51)41(6)14-15-41)23-33(46)32-20-28(24-45(32)38(48)31(26(2)19-25)21-35(47)55-40(3,4)5)54-37-30-11-12-34-36(53-18-17-52-34)29(30)13-16-43-37/h2*8,10-13,16,25-28,31-32H,7,9,14-15,17-24H2,1-6H3,(H,44,49)/b2*10-8-/t25-,26+,27+,28?,31-,32-,42+;25-,26-,27-,28?,31+,32+,42-/m01/s1. The van der Waals surface area contributed by atoms with Crippen LogP contribution in [0.5, 0.6) is 34.8 Å². The molecule has 4 aromatic rings. The molecule has 8 heterocycles. The number of esters is 2. The van der Waals surface area contributed by atoms with Crippen LogP contribution in [-0.4, -0.2) is 168 Å². The monoisotopic (exact) mass is 1590 g/mol. The van der Waals surface area contributed by atoms with Crippen molar-refractivity contribution in [1.82, 2.24) is 29.2 Å². The SMILES string of the molecule is C[C@@H]1CC/C=C\[C@@H]2C[C@@]2(C(=O)NS(=O)(=O)C2(C)CC2)CC(=O)[C@@H]2CC(Oc3nccc4c5c(ccc34)OCCO5)CN2C(=O)[C@@H](CC(=O)OC(C)(C)C)[C@H](C)C1.C[C@H]1CC/C=C\[C@@H]2C[C@@]2(C(=O)NS(=O)(=O)C2(C)CC2)CC(=O)[C@@H]2CC(Oc3nccc4c5c(ccc34)OCCO5)CN2C(=O)[C@@H](CC(=O)OC(C)(C)C)[C@H](C)C1. The highest BCUT2D eigenvalue weighted by molar-refractivity contribution is 7.92. The minimum Gasteiger partial charge on any atom is -0.486 e. The van der Waals surface area contributed by atoms with E-state index in [1.165, 1.54) is 9.80 Å². The molecule has 14 rings (SSSR count). The summed E-state index contributed by atoms with van der Waals surface area (Å²) in [7, 11) is -7.91. The van der Waals surface area contributed by atoms with Crippen molar-refractivity contribution in [3.05, 3.63) is 73.1 Å². The summed E-state index contributed by atoms with van der Waals surface area (Å²) in [5, 5.41) is 2.86. The van der Waals surface area contributed by atoms with E-state index in [1.54, 1.807) is 79.9 Å². The van der Waals surface area contributed by atoms with Crippen LogP contribution in [0.15, 0.2) is 73.1 Å². The van der Waals surface area contributed by atoms with Crippen molar-refractivity contribution in [2.45, 2.75) is 244 Å². The first kappa shape index (κ1) is 81.6. The van der Waals surface area contributed by atoms with Gasteiger partial charge in [-0.1, -0.05) is 52.0 Å². The molecule has 26 nitrogen and oxygen atoms in total. The Labute approximate surface area is 656 Å². The van der Waals surface area contributed by atoms with Gasteiger partial charge in [0.25, 0.3) is 0 Å². The molecule has 2 aromatic heterocycles. The van der Waals surface area contributed by atoms with Gasteiger partial charge in [0, 0.05) is 59.6 Å². The summed E-state index contributed by atoms with van der Waals surface area (Å²) in [6.07, 6.45) is 16.1. The molecular formula is C84H110N6O20S2. The van der Waals surface area contributed by atoms with Crippen LogP contribution >= 0.6 is 0 Å². The molecule has 0 bridgehead atoms. The van der Waals surface area contributed by atoms with Gasteiger partial charge in [0.1, 0.15) is 49.8 Å². The number of nitrogens with one attached hydrogen (secondary N) is 2. The van der Waals surface area contributed by atoms with E-state index in [0.717, 1.165) is 36.5 Å². The van der Waals surface area contributed by atoms with Crippen LogP contribution in [0.25, 0.3) is 21.5 Å². The first-order chi connectivity index (χ1) is 52.8. The summed E-state index contributed by atoms with van der Waals surface area (Å²) in [4.78, 5) is 126. The number of pyridine rings is 2. The molecule has 10 aliphatic rings. The number of carbonyl (C=O) groups is 8. The van der Waals surface area contributed by atoms with Gasteiger partial charge in [0.05, 0.1) is 70.2 Å². The molecule has 6 aliphatic heterocycles. The zero-order chi connectivity index (χ0) is 80.4. The summed E-state index contributed by atoms with van der Waals surface area (Å²) < 4.78 is 104. The van der Waals surface area contributed by atoms with E-state index >= 15 is 0 Å². The van der Waals surface area contributed by atoms with Crippen molar-refractivity contribution in [3.63, 3.8) is 0 Å². The van der Waals surface area contributed by atoms with Gasteiger partial charge in [-0.15, -0.1) is 0 Å². The summed E-state index contributed by atoms with van der Waals surface area (Å²) in [5.41, 5.74) is -4.05. The van der Waals surface area contributed by atoms with Crippen LogP contribution in [0.2, 0.25) is 0 Å². The first-order valence-corrected chi connectivity index (χ1v) is 43.0. The molecule has 0 radical (unpaired) electrons. The summed E-state index contributed by atoms with van der Waals surface area (Å²) in [6, 6.07) is 8.94. The fourth-order valence-electron chi connectivity index (χ4n) is 17.3. The highest BCUT2D eigenvalue weighted by atomic mass is 32.2. The molecule has 4 amide bonds. The van der Waals surface area contributed by atoms with E-state index in [0.29, 0.717) is 123 Å². The number of amides is 4. The molecule has 4 saturated carbocycles. The number of allylic oxidation sites excluding steroid dienone is 4. The lowest BCUT2D eigenvalue weighted by Crippen LogP contribution is -2.48. The van der Waals surface area contributed by atoms with Crippen molar-refractivity contribution in [1.29, 1.82) is 0 Å². The molecule has 0 spiro atoms. The molecule has 2 unspecified atom stereocenters. The van der Waals surface area contributed by atoms with Crippen LogP contribution in [0.3, 0.4) is 0 Å². The number of fused-ring (bicyclic) bond motifs is 10. The number of nitrogens with zero attached hydrogens (tertiary/aromatic N) is 4. The second-order valence-electron chi connectivity index (χ2n) is 36.0. The number of ketones is 2. The Balaban J connectivity index is 0.000000196. The molecule has 112 heavy (non-hydrogen) atoms. The molecule has 6 fully saturated rings. The maximum absolute atomic E-state index is 14.9. The molecule has 14 atom stereocenters. The minimum absolute atomic E-state index is 0.0419. The van der Waals surface area contributed by atoms with E-state index in [2.05, 4.69) is 33.3 Å². The number of Topliss-reactive ketones (excluding diaryl/α,β-unsaturated/α-hetero) is 2. The quantitative estimate of drug-likeness (QED) is 0.0875. The highest BCUT2D eigenvalue weighted by Gasteiger charge is 2.65. The molecule has 4 aliphatic carbocycles. The normalized spacial score (nSPS) is 30.9. The highest BCUT2D eigenvalue weighted by Crippen LogP contribution is 2.60. The van der Waals surface area contributed by atoms with Gasteiger partial charge in [-0.3, -0.25) is 47.8 Å². The van der Waals surface area contributed by atoms with Gasteiger partial charge < -0.3 is 47.7 Å². The lowest BCUT2D eigenvalue weighted by Gasteiger charge is -2.32. The molecule has 608 valence electrons. The Morgan fingerprint density at radius 3 is 1.27 bits per heavy atom. The topological polar surface area (TPSA) is 335 Å². The molecule has 2 N–H and O–H groups in total. The number of benzene rings is 2. The predicted molar refractivity (Wildman–Crippen MR) is 415 cm³/mol. The number of ether oxygens (including phenoxy) is 8. The maximum atomic E-state index is 14.9. The molecular weight excluding hydrogens is 1480 g/mol. The van der Waals surface area contributed by atoms with E-state index in [-0.39, 0.29) is 111 Å². The average Bonchev–Trinajstić information content (AvgIpc) is 1.56. The van der Waals surface area contributed by atoms with Gasteiger partial charge in [-0.05, 0) is 204 Å². The Bertz CT molecular complexity index is 4370. The Hall–Kier alpha value is -8.40. The van der Waals surface area contributed by atoms with Crippen molar-refractivity contribution >= 4 is 88.7 Å². The minimum atomic E-state index is -3.96. The Morgan fingerprint density at radius 1 is 0.527 bits per heavy atom. The number of sulfonamides is 2. The lowest BCUT2D eigenvalue weighted by molar-refractivity contribution is -0.160. The third-order valence-corrected chi connectivity index (χ3v) is 28.9. The van der Waals surface area contributed by atoms with Crippen molar-refractivity contribution in [3.8, 4) is 34.8 Å². The average molecular weight is 1590 g/mol. The third kappa shape index (κ3) is 17.6. The number of aromatic nitrogens is 2. The Morgan fingerprint density at radius 2 is 0.902 bits per heavy atom. The van der Waals surface area contributed by atoms with Crippen molar-refractivity contribution in [2.75, 3.05) is 39.5 Å². The Kier molecular flexibility index (Phi) is 22.9. The van der Waals surface area contributed by atoms with Crippen molar-refractivity contribution in [2.24, 2.45) is 58.2 Å². The summed E-state index contributed by atoms with van der Waals surface area (Å²) in [5.74, 6) is -3.00. The zero-order valence-electron chi connectivity index (χ0n) is 66.6. The van der Waals surface area contributed by atoms with Gasteiger partial charge in [0.2, 0.25) is 55.4 Å². The fourth-order valence-corrected chi connectivity index (χ4v) is 19.9. The zero-order valence-corrected chi connectivity index (χ0v) is 68.2. The second kappa shape index (κ2) is 31.4. The van der Waals surface area contributed by atoms with Crippen LogP contribution in [0.1, 0.15) is 199 Å². The fraction of sp³-hybridized carbons (Fsp3) is 0.643. The third-order valence-electron chi connectivity index (χ3n) is 24.6. The first-order valence-electron chi connectivity index (χ1n) is 40.0. The molecule has 2 aromatic carbocycles. The number of carbonyl (C=O) groups excluding carboxylic acids is 8. The van der Waals surface area contributed by atoms with Crippen LogP contribution in [0.4, 0.5) is 0 Å². The van der Waals surface area contributed by atoms with Gasteiger partial charge >= 0.3 is 11.9 Å². The summed E-state index contributed by atoms with van der Waals surface area (Å²) in [6.45, 7) is 23.9. The smallest absolute Gasteiger partial charge is 0.307 e. The van der Waals surface area contributed by atoms with E-state index in [4.69, 9.17) is 37.9 Å². The van der Waals surface area contributed by atoms with Crippen LogP contribution in [0, 0.1) is 58.2 Å². The summed E-state index contributed by atoms with van der Waals surface area (Å²) >= 11 is 0. The van der Waals surface area contributed by atoms with E-state index in [1.807, 2.05) is 62.4 Å². The van der Waals surface area contributed by atoms with Gasteiger partial charge in [0.15, 0.2) is 34.6 Å². The number of rotatable bonds is 14. The van der Waals surface area contributed by atoms with Crippen LogP contribution < -0.4 is 37.9 Å². The number of hydrogen-bond acceptors (Lipinski definition) is 22. The van der Waals surface area contributed by atoms with E-state index < -0.39 is 111 Å².